The molecule has 1 N–H and O–H groups in total. The van der Waals surface area contributed by atoms with Gasteiger partial charge in [-0.15, -0.1) is 16.7 Å². The molecule has 1 aliphatic rings. The van der Waals surface area contributed by atoms with Crippen molar-refractivity contribution in [3.8, 4) is 0 Å². The second-order valence-corrected chi connectivity index (χ2v) is 4.62. The van der Waals surface area contributed by atoms with Gasteiger partial charge in [-0.3, -0.25) is 0 Å². The Morgan fingerprint density at radius 1 is 1.38 bits per heavy atom. The second-order valence-electron chi connectivity index (χ2n) is 4.24. The number of nitrogens with one attached hydrogen (secondary N) is 1. The zero-order valence-corrected chi connectivity index (χ0v) is 10.1. The molecular weight excluding hydrogens is 230 g/mol. The Balaban J connectivity index is 1.96. The highest BCUT2D eigenvalue weighted by atomic mass is 35.5. The first kappa shape index (κ1) is 11.7. The maximum atomic E-state index is 5.60. The zero-order valence-electron chi connectivity index (χ0n) is 9.33. The highest BCUT2D eigenvalue weighted by molar-refractivity contribution is 6.17. The Labute approximate surface area is 99.5 Å². The van der Waals surface area contributed by atoms with Crippen LogP contribution in [0.5, 0.6) is 0 Å². The number of ether oxygens (including phenoxy) is 1. The van der Waals surface area contributed by atoms with E-state index in [2.05, 4.69) is 22.4 Å². The number of aryl methyl sites for hydroxylation is 1. The van der Waals surface area contributed by atoms with Crippen LogP contribution < -0.4 is 5.32 Å². The summed E-state index contributed by atoms with van der Waals surface area (Å²) < 4.78 is 10.8. The van der Waals surface area contributed by atoms with Gasteiger partial charge < -0.3 is 14.5 Å². The average molecular weight is 246 g/mol. The lowest BCUT2D eigenvalue weighted by Crippen LogP contribution is -2.40. The monoisotopic (exact) mass is 245 g/mol. The number of anilines is 1. The lowest BCUT2D eigenvalue weighted by atomic mass is 9.93. The lowest BCUT2D eigenvalue weighted by Gasteiger charge is -2.33. The average Bonchev–Trinajstić information content (AvgIpc) is 2.66. The molecule has 0 atom stereocenters. The van der Waals surface area contributed by atoms with Crippen molar-refractivity contribution in [3.05, 3.63) is 5.89 Å². The van der Waals surface area contributed by atoms with Gasteiger partial charge in [0.05, 0.1) is 0 Å². The number of hydrogen-bond acceptors (Lipinski definition) is 5. The number of nitrogens with zero attached hydrogens (tertiary/aromatic N) is 2. The van der Waals surface area contributed by atoms with Gasteiger partial charge in [0.1, 0.15) is 0 Å². The minimum Gasteiger partial charge on any atom is -0.408 e. The first-order valence-corrected chi connectivity index (χ1v) is 6.00. The summed E-state index contributed by atoms with van der Waals surface area (Å²) in [6, 6.07) is 0.476. The summed E-state index contributed by atoms with van der Waals surface area (Å²) in [6.45, 7) is 3.68. The Hall–Kier alpha value is -0.810. The van der Waals surface area contributed by atoms with E-state index in [0.717, 1.165) is 26.1 Å². The third-order valence-electron chi connectivity index (χ3n) is 2.78. The van der Waals surface area contributed by atoms with Gasteiger partial charge in [-0.2, -0.15) is 0 Å². The van der Waals surface area contributed by atoms with Crippen molar-refractivity contribution >= 4 is 17.6 Å². The van der Waals surface area contributed by atoms with Crippen LogP contribution in [0.15, 0.2) is 4.42 Å². The fourth-order valence-electron chi connectivity index (χ4n) is 1.69. The maximum Gasteiger partial charge on any atom is 0.315 e. The molecule has 0 aliphatic carbocycles. The molecule has 6 heteroatoms. The van der Waals surface area contributed by atoms with Crippen molar-refractivity contribution < 1.29 is 9.15 Å². The Bertz CT molecular complexity index is 337. The smallest absolute Gasteiger partial charge is 0.315 e. The summed E-state index contributed by atoms with van der Waals surface area (Å²) in [4.78, 5) is 0. The third kappa shape index (κ3) is 2.86. The second kappa shape index (κ2) is 5.01. The van der Waals surface area contributed by atoms with E-state index < -0.39 is 0 Å². The van der Waals surface area contributed by atoms with Gasteiger partial charge in [-0.1, -0.05) is 5.10 Å². The minimum atomic E-state index is -0.0109. The van der Waals surface area contributed by atoms with Crippen molar-refractivity contribution in [3.63, 3.8) is 0 Å². The molecule has 0 amide bonds. The highest BCUT2D eigenvalue weighted by Gasteiger charge is 2.28. The molecular formula is C10H16ClN3O2. The molecule has 2 heterocycles. The van der Waals surface area contributed by atoms with E-state index >= 15 is 0 Å². The fraction of sp³-hybridized carbons (Fsp3) is 0.800. The number of hydrogen-bond donors (Lipinski definition) is 1. The lowest BCUT2D eigenvalue weighted by molar-refractivity contribution is 0.0650. The van der Waals surface area contributed by atoms with E-state index in [-0.39, 0.29) is 5.54 Å². The van der Waals surface area contributed by atoms with Gasteiger partial charge in [0.25, 0.3) is 0 Å². The number of rotatable bonds is 4. The highest BCUT2D eigenvalue weighted by Crippen LogP contribution is 2.24. The van der Waals surface area contributed by atoms with Crippen LogP contribution in [0.25, 0.3) is 0 Å². The van der Waals surface area contributed by atoms with E-state index in [0.29, 0.717) is 24.2 Å². The van der Waals surface area contributed by atoms with Crippen LogP contribution in [0, 0.1) is 0 Å². The standard InChI is InChI=1S/C10H16ClN3O2/c1-10(3-6-15-7-4-10)12-9-14-13-8(16-9)2-5-11/h2-7H2,1H3,(H,12,14). The molecule has 5 nitrogen and oxygen atoms in total. The van der Waals surface area contributed by atoms with Gasteiger partial charge in [0, 0.05) is 31.1 Å². The van der Waals surface area contributed by atoms with Crippen molar-refractivity contribution in [1.29, 1.82) is 0 Å². The molecule has 0 spiro atoms. The summed E-state index contributed by atoms with van der Waals surface area (Å²) in [6.07, 6.45) is 2.50. The molecule has 0 radical (unpaired) electrons. The van der Waals surface area contributed by atoms with Crippen molar-refractivity contribution in [2.75, 3.05) is 24.4 Å². The summed E-state index contributed by atoms with van der Waals surface area (Å²) in [5, 5.41) is 11.1. The van der Waals surface area contributed by atoms with E-state index in [1.807, 2.05) is 0 Å². The first-order valence-electron chi connectivity index (χ1n) is 5.46. The number of halogens is 1. The van der Waals surface area contributed by atoms with E-state index in [9.17, 15) is 0 Å². The Kier molecular flexibility index (Phi) is 3.66. The predicted octanol–water partition coefficient (Wildman–Crippen LogP) is 1.83. The van der Waals surface area contributed by atoms with Gasteiger partial charge in [-0.25, -0.2) is 0 Å². The van der Waals surface area contributed by atoms with Crippen LogP contribution in [0.1, 0.15) is 25.7 Å². The normalized spacial score (nSPS) is 19.6. The molecule has 1 saturated heterocycles. The number of aromatic nitrogens is 2. The molecule has 0 unspecified atom stereocenters. The first-order chi connectivity index (χ1) is 7.72. The van der Waals surface area contributed by atoms with Crippen molar-refractivity contribution in [1.82, 2.24) is 10.2 Å². The molecule has 1 aliphatic heterocycles. The van der Waals surface area contributed by atoms with Gasteiger partial charge in [0.2, 0.25) is 5.89 Å². The fourth-order valence-corrected chi connectivity index (χ4v) is 1.85. The predicted molar refractivity (Wildman–Crippen MR) is 60.8 cm³/mol. The minimum absolute atomic E-state index is 0.0109. The quantitative estimate of drug-likeness (QED) is 0.820. The topological polar surface area (TPSA) is 60.2 Å². The largest absolute Gasteiger partial charge is 0.408 e. The molecule has 90 valence electrons. The summed E-state index contributed by atoms with van der Waals surface area (Å²) in [5.74, 6) is 1.07. The van der Waals surface area contributed by atoms with E-state index in [1.54, 1.807) is 0 Å². The summed E-state index contributed by atoms with van der Waals surface area (Å²) >= 11 is 5.60. The van der Waals surface area contributed by atoms with Crippen LogP contribution in [0.3, 0.4) is 0 Å². The Morgan fingerprint density at radius 2 is 2.12 bits per heavy atom. The molecule has 0 saturated carbocycles. The van der Waals surface area contributed by atoms with Gasteiger partial charge >= 0.3 is 6.01 Å². The molecule has 16 heavy (non-hydrogen) atoms. The van der Waals surface area contributed by atoms with Gasteiger partial charge in [0.15, 0.2) is 0 Å². The van der Waals surface area contributed by atoms with Crippen LogP contribution in [0.4, 0.5) is 6.01 Å². The van der Waals surface area contributed by atoms with Crippen molar-refractivity contribution in [2.45, 2.75) is 31.7 Å². The van der Waals surface area contributed by atoms with Crippen LogP contribution in [0.2, 0.25) is 0 Å². The maximum absolute atomic E-state index is 5.60. The van der Waals surface area contributed by atoms with Crippen LogP contribution in [-0.4, -0.2) is 34.8 Å². The summed E-state index contributed by atoms with van der Waals surface area (Å²) in [7, 11) is 0. The SMILES string of the molecule is CC1(Nc2nnc(CCCl)o2)CCOCC1. The van der Waals surface area contributed by atoms with E-state index in [1.165, 1.54) is 0 Å². The summed E-state index contributed by atoms with van der Waals surface area (Å²) in [5.41, 5.74) is -0.0109. The van der Waals surface area contributed by atoms with Gasteiger partial charge in [-0.05, 0) is 19.8 Å². The Morgan fingerprint density at radius 3 is 2.81 bits per heavy atom. The molecule has 2 rings (SSSR count). The molecule has 0 aromatic carbocycles. The molecule has 0 bridgehead atoms. The molecule has 1 aromatic heterocycles. The van der Waals surface area contributed by atoms with Crippen LogP contribution in [-0.2, 0) is 11.2 Å². The van der Waals surface area contributed by atoms with E-state index in [4.69, 9.17) is 20.8 Å². The molecule has 1 aromatic rings. The molecule has 1 fully saturated rings. The van der Waals surface area contributed by atoms with Crippen LogP contribution >= 0.6 is 11.6 Å². The third-order valence-corrected chi connectivity index (χ3v) is 2.97. The number of alkyl halides is 1. The van der Waals surface area contributed by atoms with Crippen molar-refractivity contribution in [2.24, 2.45) is 0 Å². The zero-order chi connectivity index (χ0) is 11.4.